The van der Waals surface area contributed by atoms with Gasteiger partial charge in [-0.1, -0.05) is 296 Å². The molecule has 83 heavy (non-hydrogen) atoms. The fraction of sp³-hybridized carbons (Fsp3) is 0.701. The summed E-state index contributed by atoms with van der Waals surface area (Å²) in [5.74, 6) is -0.900. The van der Waals surface area contributed by atoms with E-state index in [1.54, 1.807) is 0 Å². The molecule has 0 radical (unpaired) electrons. The van der Waals surface area contributed by atoms with Gasteiger partial charge in [0.05, 0.1) is 0 Å². The van der Waals surface area contributed by atoms with Crippen molar-refractivity contribution in [3.63, 3.8) is 0 Å². The van der Waals surface area contributed by atoms with E-state index in [0.717, 1.165) is 128 Å². The normalized spacial score (nSPS) is 12.9. The molecule has 0 aromatic carbocycles. The summed E-state index contributed by atoms with van der Waals surface area (Å²) in [5, 5.41) is 0. The van der Waals surface area contributed by atoms with Crippen LogP contribution in [-0.4, -0.2) is 37.2 Å². The molecule has 0 saturated carbocycles. The fourth-order valence-corrected chi connectivity index (χ4v) is 9.68. The summed E-state index contributed by atoms with van der Waals surface area (Å²) in [7, 11) is 0. The standard InChI is InChI=1S/C77H130O6/c1-4-7-10-13-16-19-22-25-28-31-34-35-36-37-38-39-40-41-44-46-49-52-55-58-61-64-67-70-76(79)82-73-74(83-77(80)71-68-65-62-59-56-53-50-47-43-33-30-27-24-21-18-15-12-9-6-3)72-81-75(78)69-66-63-60-57-54-51-48-45-42-32-29-26-23-20-17-14-11-8-5-2/h7,10,16,18-19,21,25-30,34-35,37-38,40-41,43,47,74H,4-6,8-9,11-15,17,20,22-24,31-33,36,39,42,44-46,48-73H2,1-3H3/b10-7-,19-16-,21-18-,28-25-,29-26-,30-27-,35-34-,38-37-,41-40-,47-43-. The summed E-state index contributed by atoms with van der Waals surface area (Å²) in [6.45, 7) is 6.51. The van der Waals surface area contributed by atoms with Crippen molar-refractivity contribution in [3.8, 4) is 0 Å². The van der Waals surface area contributed by atoms with Crippen molar-refractivity contribution in [3.05, 3.63) is 122 Å². The van der Waals surface area contributed by atoms with Gasteiger partial charge in [-0.25, -0.2) is 0 Å². The smallest absolute Gasteiger partial charge is 0.306 e. The molecule has 0 rings (SSSR count). The fourth-order valence-electron chi connectivity index (χ4n) is 9.68. The second-order valence-corrected chi connectivity index (χ2v) is 23.1. The van der Waals surface area contributed by atoms with E-state index in [1.165, 1.54) is 161 Å². The van der Waals surface area contributed by atoms with Gasteiger partial charge in [-0.3, -0.25) is 14.4 Å². The number of carbonyl (C=O) groups is 3. The van der Waals surface area contributed by atoms with Crippen LogP contribution in [0.4, 0.5) is 0 Å². The maximum absolute atomic E-state index is 13.0. The van der Waals surface area contributed by atoms with Crippen LogP contribution in [0.3, 0.4) is 0 Å². The molecule has 0 saturated heterocycles. The number of unbranched alkanes of at least 4 members (excludes halogenated alkanes) is 32. The summed E-state index contributed by atoms with van der Waals surface area (Å²) < 4.78 is 17.0. The van der Waals surface area contributed by atoms with Crippen LogP contribution in [0, 0.1) is 0 Å². The molecule has 0 amide bonds. The molecule has 0 bridgehead atoms. The maximum atomic E-state index is 13.0. The summed E-state index contributed by atoms with van der Waals surface area (Å²) in [6.07, 6.45) is 97.8. The van der Waals surface area contributed by atoms with Gasteiger partial charge in [-0.05, 0) is 135 Å². The Kier molecular flexibility index (Phi) is 66.7. The lowest BCUT2D eigenvalue weighted by molar-refractivity contribution is -0.167. The number of hydrogen-bond acceptors (Lipinski definition) is 6. The van der Waals surface area contributed by atoms with E-state index in [4.69, 9.17) is 14.2 Å². The van der Waals surface area contributed by atoms with Gasteiger partial charge in [-0.2, -0.15) is 0 Å². The second-order valence-electron chi connectivity index (χ2n) is 23.1. The van der Waals surface area contributed by atoms with Crippen LogP contribution in [0.1, 0.15) is 329 Å². The Morgan fingerprint density at radius 1 is 0.253 bits per heavy atom. The average molecular weight is 1150 g/mol. The van der Waals surface area contributed by atoms with E-state index in [0.29, 0.717) is 19.3 Å². The largest absolute Gasteiger partial charge is 0.462 e. The molecule has 0 aliphatic rings. The highest BCUT2D eigenvalue weighted by Crippen LogP contribution is 2.16. The highest BCUT2D eigenvalue weighted by molar-refractivity contribution is 5.71. The van der Waals surface area contributed by atoms with E-state index >= 15 is 0 Å². The van der Waals surface area contributed by atoms with E-state index in [1.807, 2.05) is 0 Å². The number of ether oxygens (including phenoxy) is 3. The highest BCUT2D eigenvalue weighted by Gasteiger charge is 2.19. The third kappa shape index (κ3) is 68.5. The lowest BCUT2D eigenvalue weighted by atomic mass is 10.1. The van der Waals surface area contributed by atoms with Crippen molar-refractivity contribution >= 4 is 17.9 Å². The molecule has 6 nitrogen and oxygen atoms in total. The maximum Gasteiger partial charge on any atom is 0.306 e. The summed E-state index contributed by atoms with van der Waals surface area (Å²) in [4.78, 5) is 38.5. The zero-order chi connectivity index (χ0) is 59.9. The van der Waals surface area contributed by atoms with Crippen molar-refractivity contribution in [1.82, 2.24) is 0 Å². The van der Waals surface area contributed by atoms with Crippen molar-refractivity contribution in [2.75, 3.05) is 13.2 Å². The van der Waals surface area contributed by atoms with Gasteiger partial charge in [0.15, 0.2) is 6.10 Å². The minimum atomic E-state index is -0.795. The van der Waals surface area contributed by atoms with Crippen LogP contribution in [0.5, 0.6) is 0 Å². The van der Waals surface area contributed by atoms with Gasteiger partial charge in [-0.15, -0.1) is 0 Å². The first-order valence-corrected chi connectivity index (χ1v) is 35.0. The van der Waals surface area contributed by atoms with Crippen molar-refractivity contribution in [1.29, 1.82) is 0 Å². The zero-order valence-electron chi connectivity index (χ0n) is 54.4. The molecule has 0 fully saturated rings. The molecule has 0 heterocycles. The monoisotopic (exact) mass is 1150 g/mol. The highest BCUT2D eigenvalue weighted by atomic mass is 16.6. The lowest BCUT2D eigenvalue weighted by Crippen LogP contribution is -2.30. The molecule has 0 aromatic heterocycles. The Hall–Kier alpha value is -4.19. The van der Waals surface area contributed by atoms with Gasteiger partial charge in [0.1, 0.15) is 13.2 Å². The summed E-state index contributed by atoms with van der Waals surface area (Å²) in [5.41, 5.74) is 0. The third-order valence-corrected chi connectivity index (χ3v) is 14.9. The van der Waals surface area contributed by atoms with E-state index in [-0.39, 0.29) is 31.1 Å². The first-order chi connectivity index (χ1) is 41.0. The predicted octanol–water partition coefficient (Wildman–Crippen LogP) is 24.3. The van der Waals surface area contributed by atoms with Gasteiger partial charge >= 0.3 is 17.9 Å². The molecule has 0 spiro atoms. The zero-order valence-corrected chi connectivity index (χ0v) is 54.4. The Labute approximate surface area is 513 Å². The molecule has 0 aliphatic carbocycles. The molecule has 0 aromatic rings. The Morgan fingerprint density at radius 3 is 0.771 bits per heavy atom. The Bertz CT molecular complexity index is 1700. The summed E-state index contributed by atoms with van der Waals surface area (Å²) in [6, 6.07) is 0. The van der Waals surface area contributed by atoms with Gasteiger partial charge < -0.3 is 14.2 Å². The van der Waals surface area contributed by atoms with Crippen molar-refractivity contribution in [2.24, 2.45) is 0 Å². The molecule has 0 N–H and O–H groups in total. The Balaban J connectivity index is 4.41. The summed E-state index contributed by atoms with van der Waals surface area (Å²) >= 11 is 0. The molecular weight excluding hydrogens is 1020 g/mol. The number of hydrogen-bond donors (Lipinski definition) is 0. The van der Waals surface area contributed by atoms with Crippen LogP contribution in [-0.2, 0) is 28.6 Å². The molecule has 474 valence electrons. The second kappa shape index (κ2) is 70.3. The SMILES string of the molecule is CC/C=C\C/C=C\C/C=C\C/C=C\C/C=C\C/C=C\CCCCCCCCCCC(=O)OCC(COC(=O)CCCCCCCCCCC/C=C\CCCCCCCC)OC(=O)CCCCCCCC/C=C\C/C=C\C/C=C\CCCCC. The minimum absolute atomic E-state index is 0.0879. The molecule has 6 heteroatoms. The quantitative estimate of drug-likeness (QED) is 0.0261. The number of esters is 3. The van der Waals surface area contributed by atoms with Crippen LogP contribution in [0.15, 0.2) is 122 Å². The molecule has 1 unspecified atom stereocenters. The lowest BCUT2D eigenvalue weighted by Gasteiger charge is -2.18. The average Bonchev–Trinajstić information content (AvgIpc) is 3.50. The number of carbonyl (C=O) groups excluding carboxylic acids is 3. The van der Waals surface area contributed by atoms with Crippen molar-refractivity contribution < 1.29 is 28.6 Å². The van der Waals surface area contributed by atoms with Crippen LogP contribution < -0.4 is 0 Å². The minimum Gasteiger partial charge on any atom is -0.462 e. The molecule has 0 aliphatic heterocycles. The van der Waals surface area contributed by atoms with E-state index < -0.39 is 6.10 Å². The topological polar surface area (TPSA) is 78.9 Å². The first kappa shape index (κ1) is 78.8. The molecule has 1 atom stereocenters. The number of allylic oxidation sites excluding steroid dienone is 20. The van der Waals surface area contributed by atoms with E-state index in [2.05, 4.69) is 142 Å². The van der Waals surface area contributed by atoms with Crippen LogP contribution in [0.25, 0.3) is 0 Å². The van der Waals surface area contributed by atoms with Crippen molar-refractivity contribution in [2.45, 2.75) is 335 Å². The van der Waals surface area contributed by atoms with Crippen LogP contribution in [0.2, 0.25) is 0 Å². The Morgan fingerprint density at radius 2 is 0.470 bits per heavy atom. The number of rotatable bonds is 63. The van der Waals surface area contributed by atoms with Gasteiger partial charge in [0, 0.05) is 19.3 Å². The first-order valence-electron chi connectivity index (χ1n) is 35.0. The van der Waals surface area contributed by atoms with Crippen LogP contribution >= 0.6 is 0 Å². The van der Waals surface area contributed by atoms with E-state index in [9.17, 15) is 14.4 Å². The predicted molar refractivity (Wildman–Crippen MR) is 362 cm³/mol. The third-order valence-electron chi connectivity index (χ3n) is 14.9. The van der Waals surface area contributed by atoms with Gasteiger partial charge in [0.25, 0.3) is 0 Å². The van der Waals surface area contributed by atoms with Gasteiger partial charge in [0.2, 0.25) is 0 Å². The molecular formula is C77H130O6.